The Morgan fingerprint density at radius 3 is 2.55 bits per heavy atom. The van der Waals surface area contributed by atoms with Crippen LogP contribution in [-0.2, 0) is 4.74 Å². The van der Waals surface area contributed by atoms with Crippen molar-refractivity contribution in [2.75, 3.05) is 19.8 Å². The van der Waals surface area contributed by atoms with Gasteiger partial charge in [0.05, 0.1) is 0 Å². The van der Waals surface area contributed by atoms with Gasteiger partial charge in [-0.25, -0.2) is 0 Å². The maximum Gasteiger partial charge on any atom is 0.0480 e. The number of ether oxygens (including phenoxy) is 1. The molecule has 66 valence electrons. The standard InChI is InChI=1S/C9H19NO/c1-8(2)7-10-9-3-5-11-6-4-9/h8-10H,3-7H2,1-2H3. The average Bonchev–Trinajstić information content (AvgIpc) is 2.03. The maximum absolute atomic E-state index is 5.27. The van der Waals surface area contributed by atoms with E-state index in [1.165, 1.54) is 12.8 Å². The van der Waals surface area contributed by atoms with Crippen LogP contribution < -0.4 is 5.32 Å². The Balaban J connectivity index is 2.05. The Bertz CT molecular complexity index is 97.7. The van der Waals surface area contributed by atoms with E-state index in [0.717, 1.165) is 25.7 Å². The fourth-order valence-corrected chi connectivity index (χ4v) is 1.30. The minimum Gasteiger partial charge on any atom is -0.381 e. The molecule has 0 aromatic rings. The first-order valence-corrected chi connectivity index (χ1v) is 4.60. The number of rotatable bonds is 3. The Morgan fingerprint density at radius 1 is 1.36 bits per heavy atom. The summed E-state index contributed by atoms with van der Waals surface area (Å²) in [6, 6.07) is 0.714. The Morgan fingerprint density at radius 2 is 2.00 bits per heavy atom. The van der Waals surface area contributed by atoms with Gasteiger partial charge in [0.2, 0.25) is 0 Å². The van der Waals surface area contributed by atoms with Crippen LogP contribution >= 0.6 is 0 Å². The van der Waals surface area contributed by atoms with Crippen molar-refractivity contribution in [2.24, 2.45) is 5.92 Å². The van der Waals surface area contributed by atoms with Crippen LogP contribution in [0.25, 0.3) is 0 Å². The molecule has 0 radical (unpaired) electrons. The van der Waals surface area contributed by atoms with Gasteiger partial charge in [-0.2, -0.15) is 0 Å². The number of hydrogen-bond acceptors (Lipinski definition) is 2. The Hall–Kier alpha value is -0.0800. The largest absolute Gasteiger partial charge is 0.381 e. The molecular weight excluding hydrogens is 138 g/mol. The molecule has 0 aromatic heterocycles. The van der Waals surface area contributed by atoms with E-state index in [0.29, 0.717) is 6.04 Å². The SMILES string of the molecule is CC(C)CNC1CCOCC1. The van der Waals surface area contributed by atoms with E-state index in [2.05, 4.69) is 19.2 Å². The Kier molecular flexibility index (Phi) is 3.87. The second kappa shape index (κ2) is 4.73. The van der Waals surface area contributed by atoms with Crippen molar-refractivity contribution in [1.82, 2.24) is 5.32 Å². The molecule has 2 heteroatoms. The van der Waals surface area contributed by atoms with Crippen molar-refractivity contribution in [2.45, 2.75) is 32.7 Å². The third kappa shape index (κ3) is 3.73. The van der Waals surface area contributed by atoms with E-state index in [4.69, 9.17) is 4.74 Å². The summed E-state index contributed by atoms with van der Waals surface area (Å²) in [6.45, 7) is 7.51. The van der Waals surface area contributed by atoms with Crippen molar-refractivity contribution in [1.29, 1.82) is 0 Å². The lowest BCUT2D eigenvalue weighted by atomic mass is 10.1. The number of hydrogen-bond donors (Lipinski definition) is 1. The van der Waals surface area contributed by atoms with Gasteiger partial charge < -0.3 is 10.1 Å². The molecule has 1 aliphatic rings. The molecule has 0 atom stereocenters. The van der Waals surface area contributed by atoms with Gasteiger partial charge in [-0.05, 0) is 25.3 Å². The van der Waals surface area contributed by atoms with Crippen molar-refractivity contribution in [3.63, 3.8) is 0 Å². The highest BCUT2D eigenvalue weighted by atomic mass is 16.5. The summed E-state index contributed by atoms with van der Waals surface area (Å²) in [7, 11) is 0. The van der Waals surface area contributed by atoms with Gasteiger partial charge in [-0.3, -0.25) is 0 Å². The molecule has 0 amide bonds. The summed E-state index contributed by atoms with van der Waals surface area (Å²) < 4.78 is 5.27. The first-order valence-electron chi connectivity index (χ1n) is 4.60. The third-order valence-electron chi connectivity index (χ3n) is 2.04. The summed E-state index contributed by atoms with van der Waals surface area (Å²) in [5.74, 6) is 0.762. The first kappa shape index (κ1) is 9.01. The monoisotopic (exact) mass is 157 g/mol. The lowest BCUT2D eigenvalue weighted by Crippen LogP contribution is -2.36. The zero-order valence-electron chi connectivity index (χ0n) is 7.60. The predicted molar refractivity (Wildman–Crippen MR) is 46.7 cm³/mol. The summed E-state index contributed by atoms with van der Waals surface area (Å²) in [6.07, 6.45) is 2.37. The molecule has 0 spiro atoms. The molecule has 1 saturated heterocycles. The lowest BCUT2D eigenvalue weighted by molar-refractivity contribution is 0.0773. The molecule has 0 unspecified atom stereocenters. The minimum atomic E-state index is 0.714. The fraction of sp³-hybridized carbons (Fsp3) is 1.00. The highest BCUT2D eigenvalue weighted by Gasteiger charge is 2.12. The van der Waals surface area contributed by atoms with Gasteiger partial charge in [0.15, 0.2) is 0 Å². The van der Waals surface area contributed by atoms with E-state index in [1.807, 2.05) is 0 Å². The average molecular weight is 157 g/mol. The molecule has 0 aromatic carbocycles. The van der Waals surface area contributed by atoms with E-state index < -0.39 is 0 Å². The minimum absolute atomic E-state index is 0.714. The van der Waals surface area contributed by atoms with Crippen LogP contribution in [0.15, 0.2) is 0 Å². The molecular formula is C9H19NO. The summed E-state index contributed by atoms with van der Waals surface area (Å²) in [4.78, 5) is 0. The van der Waals surface area contributed by atoms with Gasteiger partial charge in [-0.1, -0.05) is 13.8 Å². The zero-order chi connectivity index (χ0) is 8.10. The maximum atomic E-state index is 5.27. The highest BCUT2D eigenvalue weighted by Crippen LogP contribution is 2.06. The lowest BCUT2D eigenvalue weighted by Gasteiger charge is -2.23. The van der Waals surface area contributed by atoms with E-state index >= 15 is 0 Å². The predicted octanol–water partition coefficient (Wildman–Crippen LogP) is 1.41. The highest BCUT2D eigenvalue weighted by molar-refractivity contribution is 4.70. The van der Waals surface area contributed by atoms with Crippen molar-refractivity contribution in [3.8, 4) is 0 Å². The molecule has 2 nitrogen and oxygen atoms in total. The van der Waals surface area contributed by atoms with Gasteiger partial charge in [0.1, 0.15) is 0 Å². The van der Waals surface area contributed by atoms with Gasteiger partial charge in [0.25, 0.3) is 0 Å². The zero-order valence-corrected chi connectivity index (χ0v) is 7.60. The number of nitrogens with one attached hydrogen (secondary N) is 1. The van der Waals surface area contributed by atoms with Crippen LogP contribution in [0.2, 0.25) is 0 Å². The van der Waals surface area contributed by atoms with Gasteiger partial charge in [-0.15, -0.1) is 0 Å². The van der Waals surface area contributed by atoms with Crippen molar-refractivity contribution >= 4 is 0 Å². The summed E-state index contributed by atoms with van der Waals surface area (Å²) in [5, 5.41) is 3.54. The quantitative estimate of drug-likeness (QED) is 0.669. The van der Waals surface area contributed by atoms with Crippen LogP contribution in [0.4, 0.5) is 0 Å². The van der Waals surface area contributed by atoms with Crippen molar-refractivity contribution < 1.29 is 4.74 Å². The second-order valence-corrected chi connectivity index (χ2v) is 3.69. The molecule has 11 heavy (non-hydrogen) atoms. The molecule has 0 saturated carbocycles. The summed E-state index contributed by atoms with van der Waals surface area (Å²) >= 11 is 0. The molecule has 1 heterocycles. The molecule has 1 fully saturated rings. The topological polar surface area (TPSA) is 21.3 Å². The third-order valence-corrected chi connectivity index (χ3v) is 2.04. The molecule has 1 N–H and O–H groups in total. The summed E-state index contributed by atoms with van der Waals surface area (Å²) in [5.41, 5.74) is 0. The van der Waals surface area contributed by atoms with E-state index in [9.17, 15) is 0 Å². The van der Waals surface area contributed by atoms with E-state index in [-0.39, 0.29) is 0 Å². The molecule has 1 rings (SSSR count). The van der Waals surface area contributed by atoms with Crippen LogP contribution in [-0.4, -0.2) is 25.8 Å². The first-order chi connectivity index (χ1) is 5.29. The van der Waals surface area contributed by atoms with Gasteiger partial charge >= 0.3 is 0 Å². The van der Waals surface area contributed by atoms with Gasteiger partial charge in [0, 0.05) is 19.3 Å². The van der Waals surface area contributed by atoms with Crippen LogP contribution in [0.5, 0.6) is 0 Å². The fourth-order valence-electron chi connectivity index (χ4n) is 1.30. The Labute approximate surface area is 69.3 Å². The van der Waals surface area contributed by atoms with Crippen molar-refractivity contribution in [3.05, 3.63) is 0 Å². The smallest absolute Gasteiger partial charge is 0.0480 e. The second-order valence-electron chi connectivity index (χ2n) is 3.69. The normalized spacial score (nSPS) is 21.0. The van der Waals surface area contributed by atoms with Crippen LogP contribution in [0.3, 0.4) is 0 Å². The molecule has 1 aliphatic heterocycles. The van der Waals surface area contributed by atoms with Crippen LogP contribution in [0.1, 0.15) is 26.7 Å². The van der Waals surface area contributed by atoms with E-state index in [1.54, 1.807) is 0 Å². The van der Waals surface area contributed by atoms with Crippen LogP contribution in [0, 0.1) is 5.92 Å². The molecule has 0 bridgehead atoms. The molecule has 0 aliphatic carbocycles.